The number of benzene rings is 1. The Labute approximate surface area is 118 Å². The van der Waals surface area contributed by atoms with Gasteiger partial charge in [0.15, 0.2) is 0 Å². The van der Waals surface area contributed by atoms with Crippen LogP contribution in [0, 0.1) is 0 Å². The van der Waals surface area contributed by atoms with E-state index in [1.807, 2.05) is 5.38 Å². The molecule has 0 radical (unpaired) electrons. The van der Waals surface area contributed by atoms with Crippen LogP contribution in [0.3, 0.4) is 0 Å². The van der Waals surface area contributed by atoms with Crippen LogP contribution in [0.25, 0.3) is 0 Å². The quantitative estimate of drug-likeness (QED) is 0.925. The summed E-state index contributed by atoms with van der Waals surface area (Å²) in [5.74, 6) is 0. The summed E-state index contributed by atoms with van der Waals surface area (Å²) in [5.41, 5.74) is 0. The van der Waals surface area contributed by atoms with E-state index in [4.69, 9.17) is 0 Å². The van der Waals surface area contributed by atoms with Crippen LogP contribution in [0.2, 0.25) is 0 Å². The zero-order valence-corrected chi connectivity index (χ0v) is 12.7. The minimum Gasteiger partial charge on any atom is -0.248 e. The van der Waals surface area contributed by atoms with Crippen molar-refractivity contribution in [1.82, 2.24) is 9.71 Å². The van der Waals surface area contributed by atoms with Gasteiger partial charge in [0.05, 0.1) is 10.9 Å². The van der Waals surface area contributed by atoms with Crippen molar-refractivity contribution in [2.75, 3.05) is 0 Å². The molecule has 0 spiro atoms. The van der Waals surface area contributed by atoms with Crippen molar-refractivity contribution in [2.24, 2.45) is 0 Å². The maximum Gasteiger partial charge on any atom is 0.241 e. The van der Waals surface area contributed by atoms with Gasteiger partial charge in [0, 0.05) is 16.0 Å². The number of nitrogens with one attached hydrogen (secondary N) is 1. The normalized spacial score (nSPS) is 13.4. The van der Waals surface area contributed by atoms with Gasteiger partial charge in [0.2, 0.25) is 10.0 Å². The predicted molar refractivity (Wildman–Crippen MR) is 75.0 cm³/mol. The second-order valence-corrected chi connectivity index (χ2v) is 7.22. The molecule has 4 nitrogen and oxygen atoms in total. The molecule has 0 fully saturated rings. The van der Waals surface area contributed by atoms with Crippen LogP contribution in [0.1, 0.15) is 18.0 Å². The van der Waals surface area contributed by atoms with Crippen molar-refractivity contribution in [2.45, 2.75) is 17.9 Å². The first-order valence-corrected chi connectivity index (χ1v) is 8.32. The molecule has 1 heterocycles. The summed E-state index contributed by atoms with van der Waals surface area (Å²) in [4.78, 5) is 4.34. The Kier molecular flexibility index (Phi) is 4.16. The lowest BCUT2D eigenvalue weighted by Gasteiger charge is -2.11. The lowest BCUT2D eigenvalue weighted by atomic mass is 10.4. The van der Waals surface area contributed by atoms with Gasteiger partial charge < -0.3 is 0 Å². The Morgan fingerprint density at radius 1 is 1.33 bits per heavy atom. The maximum atomic E-state index is 12.1. The summed E-state index contributed by atoms with van der Waals surface area (Å²) in [6.07, 6.45) is 1.66. The monoisotopic (exact) mass is 346 g/mol. The van der Waals surface area contributed by atoms with Crippen molar-refractivity contribution >= 4 is 37.3 Å². The molecule has 0 amide bonds. The van der Waals surface area contributed by atoms with Gasteiger partial charge in [-0.25, -0.2) is 18.1 Å². The standard InChI is InChI=1S/C11H11BrN2O2S2/c1-8(11-13-6-7-17-11)14-18(15,16)10-4-2-9(12)3-5-10/h2-8,14H,1H3. The van der Waals surface area contributed by atoms with E-state index >= 15 is 0 Å². The molecule has 96 valence electrons. The van der Waals surface area contributed by atoms with Crippen LogP contribution < -0.4 is 4.72 Å². The first-order chi connectivity index (χ1) is 8.49. The lowest BCUT2D eigenvalue weighted by molar-refractivity contribution is 0.566. The minimum atomic E-state index is -3.51. The largest absolute Gasteiger partial charge is 0.248 e. The second kappa shape index (κ2) is 5.48. The molecule has 0 aliphatic carbocycles. The number of thiazole rings is 1. The molecule has 0 saturated carbocycles. The van der Waals surface area contributed by atoms with E-state index in [2.05, 4.69) is 25.6 Å². The van der Waals surface area contributed by atoms with Gasteiger partial charge >= 0.3 is 0 Å². The summed E-state index contributed by atoms with van der Waals surface area (Å²) >= 11 is 4.69. The van der Waals surface area contributed by atoms with Crippen molar-refractivity contribution in [3.63, 3.8) is 0 Å². The molecule has 1 N–H and O–H groups in total. The van der Waals surface area contributed by atoms with Gasteiger partial charge in [-0.15, -0.1) is 11.3 Å². The van der Waals surface area contributed by atoms with E-state index in [-0.39, 0.29) is 10.9 Å². The Balaban J connectivity index is 2.20. The Morgan fingerprint density at radius 3 is 2.56 bits per heavy atom. The molecule has 18 heavy (non-hydrogen) atoms. The topological polar surface area (TPSA) is 59.1 Å². The number of rotatable bonds is 4. The van der Waals surface area contributed by atoms with Gasteiger partial charge in [-0.3, -0.25) is 0 Å². The van der Waals surface area contributed by atoms with Crippen molar-refractivity contribution in [3.05, 3.63) is 45.3 Å². The summed E-state index contributed by atoms with van der Waals surface area (Å²) in [7, 11) is -3.51. The van der Waals surface area contributed by atoms with Gasteiger partial charge in [0.1, 0.15) is 5.01 Å². The molecule has 2 rings (SSSR count). The van der Waals surface area contributed by atoms with Gasteiger partial charge in [0.25, 0.3) is 0 Å². The first-order valence-electron chi connectivity index (χ1n) is 5.16. The number of nitrogens with zero attached hydrogens (tertiary/aromatic N) is 1. The fraction of sp³-hybridized carbons (Fsp3) is 0.182. The molecule has 0 bridgehead atoms. The zero-order chi connectivity index (χ0) is 13.2. The number of hydrogen-bond donors (Lipinski definition) is 1. The number of hydrogen-bond acceptors (Lipinski definition) is 4. The predicted octanol–water partition coefficient (Wildman–Crippen LogP) is 2.95. The van der Waals surface area contributed by atoms with Crippen molar-refractivity contribution < 1.29 is 8.42 Å². The third kappa shape index (κ3) is 3.17. The highest BCUT2D eigenvalue weighted by atomic mass is 79.9. The first kappa shape index (κ1) is 13.7. The molecule has 1 aromatic carbocycles. The Bertz CT molecular complexity index is 609. The van der Waals surface area contributed by atoms with E-state index in [0.717, 1.165) is 9.48 Å². The van der Waals surface area contributed by atoms with Crippen molar-refractivity contribution in [3.8, 4) is 0 Å². The van der Waals surface area contributed by atoms with E-state index in [9.17, 15) is 8.42 Å². The highest BCUT2D eigenvalue weighted by Crippen LogP contribution is 2.19. The highest BCUT2D eigenvalue weighted by molar-refractivity contribution is 9.10. The number of sulfonamides is 1. The average molecular weight is 347 g/mol. The molecule has 0 aliphatic rings. The molecular weight excluding hydrogens is 336 g/mol. The van der Waals surface area contributed by atoms with Crippen LogP contribution in [-0.2, 0) is 10.0 Å². The van der Waals surface area contributed by atoms with E-state index in [1.54, 1.807) is 37.4 Å². The fourth-order valence-electron chi connectivity index (χ4n) is 1.41. The smallest absolute Gasteiger partial charge is 0.241 e. The van der Waals surface area contributed by atoms with Crippen molar-refractivity contribution in [1.29, 1.82) is 0 Å². The molecule has 2 aromatic rings. The summed E-state index contributed by atoms with van der Waals surface area (Å²) in [6, 6.07) is 6.17. The SMILES string of the molecule is CC(NS(=O)(=O)c1ccc(Br)cc1)c1nccs1. The third-order valence-corrected chi connectivity index (χ3v) is 5.32. The minimum absolute atomic E-state index is 0.245. The van der Waals surface area contributed by atoms with Crippen LogP contribution >= 0.6 is 27.3 Å². The molecule has 0 aliphatic heterocycles. The van der Waals surface area contributed by atoms with E-state index < -0.39 is 10.0 Å². The molecule has 7 heteroatoms. The van der Waals surface area contributed by atoms with Gasteiger partial charge in [-0.05, 0) is 31.2 Å². The molecule has 1 atom stereocenters. The highest BCUT2D eigenvalue weighted by Gasteiger charge is 2.19. The maximum absolute atomic E-state index is 12.1. The summed E-state index contributed by atoms with van der Waals surface area (Å²) < 4.78 is 27.6. The molecule has 1 aromatic heterocycles. The lowest BCUT2D eigenvalue weighted by Crippen LogP contribution is -2.26. The molecule has 1 unspecified atom stereocenters. The fourth-order valence-corrected chi connectivity index (χ4v) is 3.61. The molecular formula is C11H11BrN2O2S2. The molecule has 0 saturated heterocycles. The summed E-state index contributed by atoms with van der Waals surface area (Å²) in [6.45, 7) is 1.77. The number of halogens is 1. The zero-order valence-electron chi connectivity index (χ0n) is 9.50. The van der Waals surface area contributed by atoms with Crippen LogP contribution in [0.4, 0.5) is 0 Å². The van der Waals surface area contributed by atoms with Gasteiger partial charge in [-0.2, -0.15) is 0 Å². The summed E-state index contributed by atoms with van der Waals surface area (Å²) in [5, 5.41) is 2.57. The van der Waals surface area contributed by atoms with Crippen LogP contribution in [0.5, 0.6) is 0 Å². The average Bonchev–Trinajstić information content (AvgIpc) is 2.82. The van der Waals surface area contributed by atoms with Gasteiger partial charge in [-0.1, -0.05) is 15.9 Å². The van der Waals surface area contributed by atoms with E-state index in [0.29, 0.717) is 0 Å². The second-order valence-electron chi connectivity index (χ2n) is 3.67. The third-order valence-electron chi connectivity index (χ3n) is 2.28. The van der Waals surface area contributed by atoms with Crippen LogP contribution in [-0.4, -0.2) is 13.4 Å². The Hall–Kier alpha value is -0.760. The van der Waals surface area contributed by atoms with Crippen LogP contribution in [0.15, 0.2) is 45.2 Å². The number of aromatic nitrogens is 1. The Morgan fingerprint density at radius 2 is 2.00 bits per heavy atom. The van der Waals surface area contributed by atoms with E-state index in [1.165, 1.54) is 11.3 Å².